The zero-order valence-corrected chi connectivity index (χ0v) is 16.7. The minimum atomic E-state index is -3.07. The predicted molar refractivity (Wildman–Crippen MR) is 109 cm³/mol. The molecule has 8 heteroatoms. The van der Waals surface area contributed by atoms with Gasteiger partial charge in [0.05, 0.1) is 11.3 Å². The number of anilines is 2. The fourth-order valence-corrected chi connectivity index (χ4v) is 4.88. The average Bonchev–Trinajstić information content (AvgIpc) is 3.10. The van der Waals surface area contributed by atoms with Gasteiger partial charge < -0.3 is 10.2 Å². The summed E-state index contributed by atoms with van der Waals surface area (Å²) in [6.07, 6.45) is 2.47. The van der Waals surface area contributed by atoms with Gasteiger partial charge in [0.25, 0.3) is 5.91 Å². The van der Waals surface area contributed by atoms with Crippen LogP contribution in [0.5, 0.6) is 0 Å². The number of pyridine rings is 1. The number of hydrogen-bond acceptors (Lipinski definition) is 5. The largest absolute Gasteiger partial charge is 0.370 e. The van der Waals surface area contributed by atoms with E-state index in [-0.39, 0.29) is 17.6 Å². The van der Waals surface area contributed by atoms with E-state index in [1.165, 1.54) is 9.87 Å². The van der Waals surface area contributed by atoms with E-state index >= 15 is 0 Å². The van der Waals surface area contributed by atoms with Gasteiger partial charge in [0.1, 0.15) is 5.82 Å². The van der Waals surface area contributed by atoms with Crippen molar-refractivity contribution in [2.75, 3.05) is 42.1 Å². The van der Waals surface area contributed by atoms with Gasteiger partial charge in [0.15, 0.2) is 0 Å². The van der Waals surface area contributed by atoms with E-state index in [4.69, 9.17) is 0 Å². The minimum Gasteiger partial charge on any atom is -0.370 e. The second-order valence-electron chi connectivity index (χ2n) is 7.23. The molecule has 3 heterocycles. The zero-order valence-electron chi connectivity index (χ0n) is 15.8. The number of hydrogen-bond donors (Lipinski definition) is 1. The van der Waals surface area contributed by atoms with Crippen molar-refractivity contribution < 1.29 is 13.2 Å². The van der Waals surface area contributed by atoms with Crippen LogP contribution in [0.2, 0.25) is 0 Å². The predicted octanol–water partition coefficient (Wildman–Crippen LogP) is 1.98. The molecule has 1 N–H and O–H groups in total. The Labute approximate surface area is 165 Å². The summed E-state index contributed by atoms with van der Waals surface area (Å²) >= 11 is 0. The molecule has 0 spiro atoms. The molecule has 0 unspecified atom stereocenters. The molecular weight excluding hydrogens is 376 g/mol. The summed E-state index contributed by atoms with van der Waals surface area (Å²) in [5.41, 5.74) is 2.74. The topological polar surface area (TPSA) is 82.6 Å². The Morgan fingerprint density at radius 3 is 2.71 bits per heavy atom. The highest BCUT2D eigenvalue weighted by atomic mass is 32.2. The number of nitrogens with one attached hydrogen (secondary N) is 1. The molecule has 1 saturated heterocycles. The summed E-state index contributed by atoms with van der Waals surface area (Å²) in [5, 5.41) is 3.23. The Kier molecular flexibility index (Phi) is 5.07. The van der Waals surface area contributed by atoms with E-state index in [1.807, 2.05) is 18.2 Å². The lowest BCUT2D eigenvalue weighted by Gasteiger charge is -2.38. The van der Waals surface area contributed by atoms with E-state index in [1.54, 1.807) is 30.2 Å². The fraction of sp³-hybridized carbons (Fsp3) is 0.400. The molecule has 2 aliphatic rings. The second-order valence-corrected chi connectivity index (χ2v) is 9.49. The van der Waals surface area contributed by atoms with Gasteiger partial charge in [-0.05, 0) is 37.1 Å². The molecular formula is C20H24N4O3S. The van der Waals surface area contributed by atoms with E-state index in [2.05, 4.69) is 16.4 Å². The first-order chi connectivity index (χ1) is 13.5. The SMILES string of the molecule is CCS(=O)(=O)N1CC(CNc2ccc(C(=O)N3CCc4ccccc43)cn2)C1. The van der Waals surface area contributed by atoms with Gasteiger partial charge in [-0.15, -0.1) is 0 Å². The monoisotopic (exact) mass is 400 g/mol. The van der Waals surface area contributed by atoms with Crippen LogP contribution in [0.4, 0.5) is 11.5 Å². The standard InChI is InChI=1S/C20H24N4O3S/c1-2-28(26,27)23-13-15(14-23)11-21-19-8-7-17(12-22-19)20(25)24-10-9-16-5-3-4-6-18(16)24/h3-8,12,15H,2,9-11,13-14H2,1H3,(H,21,22). The molecule has 1 amide bonds. The van der Waals surface area contributed by atoms with Gasteiger partial charge in [-0.2, -0.15) is 0 Å². The maximum Gasteiger partial charge on any atom is 0.259 e. The summed E-state index contributed by atoms with van der Waals surface area (Å²) in [6, 6.07) is 11.6. The van der Waals surface area contributed by atoms with Crippen molar-refractivity contribution >= 4 is 27.4 Å². The van der Waals surface area contributed by atoms with Crippen molar-refractivity contribution in [2.45, 2.75) is 13.3 Å². The van der Waals surface area contributed by atoms with Gasteiger partial charge in [-0.25, -0.2) is 17.7 Å². The number of para-hydroxylation sites is 1. The normalized spacial score (nSPS) is 17.2. The number of nitrogens with zero attached hydrogens (tertiary/aromatic N) is 3. The number of rotatable bonds is 6. The van der Waals surface area contributed by atoms with Crippen molar-refractivity contribution in [1.82, 2.24) is 9.29 Å². The number of benzene rings is 1. The fourth-order valence-electron chi connectivity index (χ4n) is 3.64. The number of amides is 1. The smallest absolute Gasteiger partial charge is 0.259 e. The van der Waals surface area contributed by atoms with E-state index < -0.39 is 10.0 Å². The molecule has 7 nitrogen and oxygen atoms in total. The Morgan fingerprint density at radius 1 is 1.21 bits per heavy atom. The highest BCUT2D eigenvalue weighted by Crippen LogP contribution is 2.29. The summed E-state index contributed by atoms with van der Waals surface area (Å²) in [6.45, 7) is 4.11. The van der Waals surface area contributed by atoms with E-state index in [9.17, 15) is 13.2 Å². The highest BCUT2D eigenvalue weighted by Gasteiger charge is 2.34. The number of carbonyl (C=O) groups is 1. The van der Waals surface area contributed by atoms with Crippen LogP contribution >= 0.6 is 0 Å². The molecule has 1 aromatic heterocycles. The summed E-state index contributed by atoms with van der Waals surface area (Å²) in [5.74, 6) is 1.08. The van der Waals surface area contributed by atoms with Crippen LogP contribution in [-0.2, 0) is 16.4 Å². The summed E-state index contributed by atoms with van der Waals surface area (Å²) in [4.78, 5) is 19.0. The van der Waals surface area contributed by atoms with Crippen molar-refractivity contribution in [3.63, 3.8) is 0 Å². The van der Waals surface area contributed by atoms with Gasteiger partial charge >= 0.3 is 0 Å². The molecule has 2 aliphatic heterocycles. The third-order valence-corrected chi connectivity index (χ3v) is 7.21. The van der Waals surface area contributed by atoms with Crippen LogP contribution in [0.15, 0.2) is 42.6 Å². The van der Waals surface area contributed by atoms with Crippen LogP contribution in [0.3, 0.4) is 0 Å². The van der Waals surface area contributed by atoms with Crippen molar-refractivity contribution in [1.29, 1.82) is 0 Å². The number of carbonyl (C=O) groups excluding carboxylic acids is 1. The first-order valence-electron chi connectivity index (χ1n) is 9.55. The molecule has 148 valence electrons. The van der Waals surface area contributed by atoms with Crippen LogP contribution in [0.1, 0.15) is 22.8 Å². The molecule has 28 heavy (non-hydrogen) atoms. The highest BCUT2D eigenvalue weighted by molar-refractivity contribution is 7.89. The lowest BCUT2D eigenvalue weighted by Crippen LogP contribution is -2.52. The molecule has 1 fully saturated rings. The maximum absolute atomic E-state index is 12.8. The third kappa shape index (κ3) is 3.62. The first kappa shape index (κ1) is 18.9. The molecule has 0 bridgehead atoms. The molecule has 0 aliphatic carbocycles. The van der Waals surface area contributed by atoms with Crippen molar-refractivity contribution in [2.24, 2.45) is 5.92 Å². The van der Waals surface area contributed by atoms with Gasteiger partial charge in [0, 0.05) is 44.0 Å². The Morgan fingerprint density at radius 2 is 2.00 bits per heavy atom. The molecule has 4 rings (SSSR count). The van der Waals surface area contributed by atoms with Crippen LogP contribution in [-0.4, -0.2) is 55.5 Å². The third-order valence-electron chi connectivity index (χ3n) is 5.40. The zero-order chi connectivity index (χ0) is 19.7. The van der Waals surface area contributed by atoms with Crippen LogP contribution < -0.4 is 10.2 Å². The summed E-state index contributed by atoms with van der Waals surface area (Å²) < 4.78 is 25.0. The van der Waals surface area contributed by atoms with Gasteiger partial charge in [0.2, 0.25) is 10.0 Å². The lowest BCUT2D eigenvalue weighted by molar-refractivity contribution is 0.0989. The van der Waals surface area contributed by atoms with Crippen molar-refractivity contribution in [3.8, 4) is 0 Å². The Bertz CT molecular complexity index is 969. The molecule has 0 atom stereocenters. The van der Waals surface area contributed by atoms with E-state index in [0.717, 1.165) is 12.1 Å². The number of sulfonamides is 1. The Balaban J connectivity index is 1.32. The molecule has 0 saturated carbocycles. The van der Waals surface area contributed by atoms with E-state index in [0.29, 0.717) is 37.6 Å². The number of fused-ring (bicyclic) bond motifs is 1. The van der Waals surface area contributed by atoms with Gasteiger partial charge in [-0.3, -0.25) is 4.79 Å². The van der Waals surface area contributed by atoms with Gasteiger partial charge in [-0.1, -0.05) is 18.2 Å². The number of aromatic nitrogens is 1. The molecule has 1 aromatic carbocycles. The van der Waals surface area contributed by atoms with Crippen molar-refractivity contribution in [3.05, 3.63) is 53.7 Å². The average molecular weight is 401 g/mol. The first-order valence-corrected chi connectivity index (χ1v) is 11.2. The quantitative estimate of drug-likeness (QED) is 0.802. The lowest BCUT2D eigenvalue weighted by atomic mass is 10.0. The molecule has 2 aromatic rings. The van der Waals surface area contributed by atoms with Crippen LogP contribution in [0, 0.1) is 5.92 Å². The minimum absolute atomic E-state index is 0.0385. The molecule has 0 radical (unpaired) electrons. The second kappa shape index (κ2) is 7.52. The Hall–Kier alpha value is -2.45. The van der Waals surface area contributed by atoms with Crippen LogP contribution in [0.25, 0.3) is 0 Å². The summed E-state index contributed by atoms with van der Waals surface area (Å²) in [7, 11) is -3.07. The maximum atomic E-state index is 12.8.